The third-order valence-electron chi connectivity index (χ3n) is 3.40. The molecule has 0 spiro atoms. The van der Waals surface area contributed by atoms with Crippen LogP contribution in [0.2, 0.25) is 0 Å². The van der Waals surface area contributed by atoms with E-state index in [1.54, 1.807) is 0 Å². The summed E-state index contributed by atoms with van der Waals surface area (Å²) in [6, 6.07) is 2.55. The summed E-state index contributed by atoms with van der Waals surface area (Å²) in [6.45, 7) is -1.15. The van der Waals surface area contributed by atoms with Gasteiger partial charge in [0.1, 0.15) is 6.10 Å². The van der Waals surface area contributed by atoms with Crippen molar-refractivity contribution in [3.8, 4) is 5.88 Å². The largest absolute Gasteiger partial charge is 0.471 e. The Hall–Kier alpha value is -1.94. The van der Waals surface area contributed by atoms with E-state index in [-0.39, 0.29) is 17.9 Å². The Morgan fingerprint density at radius 1 is 1.46 bits per heavy atom. The van der Waals surface area contributed by atoms with Crippen LogP contribution in [0.1, 0.15) is 12.8 Å². The predicted molar refractivity (Wildman–Crippen MR) is 76.3 cm³/mol. The molecule has 3 N–H and O–H groups in total. The summed E-state index contributed by atoms with van der Waals surface area (Å²) in [7, 11) is 0. The van der Waals surface area contributed by atoms with E-state index in [0.717, 1.165) is 0 Å². The Bertz CT molecular complexity index is 557. The minimum Gasteiger partial charge on any atom is -0.471 e. The lowest BCUT2D eigenvalue weighted by molar-refractivity contribution is -0.148. The number of nitrogens with zero attached hydrogens (tertiary/aromatic N) is 1. The molecule has 1 saturated heterocycles. The molecule has 1 aromatic rings. The van der Waals surface area contributed by atoms with Gasteiger partial charge < -0.3 is 20.5 Å². The number of pyridine rings is 1. The van der Waals surface area contributed by atoms with E-state index in [1.165, 1.54) is 18.3 Å². The van der Waals surface area contributed by atoms with Gasteiger partial charge in [-0.3, -0.25) is 4.79 Å². The van der Waals surface area contributed by atoms with Gasteiger partial charge in [-0.2, -0.15) is 8.78 Å². The lowest BCUT2D eigenvalue weighted by Gasteiger charge is -2.15. The molecule has 1 fully saturated rings. The van der Waals surface area contributed by atoms with Crippen molar-refractivity contribution in [3.05, 3.63) is 18.3 Å². The second-order valence-corrected chi connectivity index (χ2v) is 5.28. The van der Waals surface area contributed by atoms with Crippen molar-refractivity contribution < 1.29 is 31.8 Å². The highest BCUT2D eigenvalue weighted by molar-refractivity contribution is 5.94. The highest BCUT2D eigenvalue weighted by Gasteiger charge is 2.41. The minimum absolute atomic E-state index is 0.147. The maximum Gasteiger partial charge on any atom is 0.340 e. The smallest absolute Gasteiger partial charge is 0.340 e. The van der Waals surface area contributed by atoms with Crippen LogP contribution in [0.15, 0.2) is 18.3 Å². The van der Waals surface area contributed by atoms with Crippen LogP contribution >= 0.6 is 0 Å². The van der Waals surface area contributed by atoms with Crippen molar-refractivity contribution in [2.45, 2.75) is 37.4 Å². The molecule has 24 heavy (non-hydrogen) atoms. The Kier molecular flexibility index (Phi) is 5.94. The lowest BCUT2D eigenvalue weighted by atomic mass is 10.2. The Morgan fingerprint density at radius 3 is 2.75 bits per heavy atom. The molecule has 0 aromatic carbocycles. The number of carbonyl (C=O) groups excluding carboxylic acids is 1. The summed E-state index contributed by atoms with van der Waals surface area (Å²) in [5, 5.41) is 2.56. The van der Waals surface area contributed by atoms with Gasteiger partial charge in [-0.15, -0.1) is 0 Å². The van der Waals surface area contributed by atoms with E-state index in [9.17, 15) is 22.4 Å². The summed E-state index contributed by atoms with van der Waals surface area (Å²) in [5.74, 6) is -4.88. The number of hydrogen-bond acceptors (Lipinski definition) is 5. The Morgan fingerprint density at radius 2 is 2.21 bits per heavy atom. The van der Waals surface area contributed by atoms with Crippen LogP contribution in [0, 0.1) is 0 Å². The maximum atomic E-state index is 12.7. The van der Waals surface area contributed by atoms with E-state index in [4.69, 9.17) is 10.5 Å². The number of rotatable bonds is 7. The topological polar surface area (TPSA) is 86.5 Å². The van der Waals surface area contributed by atoms with E-state index in [1.807, 2.05) is 0 Å². The first-order valence-corrected chi connectivity index (χ1v) is 7.23. The fourth-order valence-electron chi connectivity index (χ4n) is 2.07. The molecular formula is C14H17F4N3O3. The zero-order valence-electron chi connectivity index (χ0n) is 12.6. The van der Waals surface area contributed by atoms with Gasteiger partial charge in [-0.05, 0) is 18.9 Å². The fourth-order valence-corrected chi connectivity index (χ4v) is 2.07. The van der Waals surface area contributed by atoms with Crippen molar-refractivity contribution >= 4 is 11.6 Å². The molecule has 10 heteroatoms. The number of carbonyl (C=O) groups is 1. The molecule has 1 amide bonds. The van der Waals surface area contributed by atoms with Crippen molar-refractivity contribution in [1.29, 1.82) is 0 Å². The molecule has 2 heterocycles. The average Bonchev–Trinajstić information content (AvgIpc) is 3.03. The number of ether oxygens (including phenoxy) is 2. The number of aromatic nitrogens is 1. The van der Waals surface area contributed by atoms with Gasteiger partial charge in [-0.1, -0.05) is 0 Å². The van der Waals surface area contributed by atoms with Crippen LogP contribution in [0.3, 0.4) is 0 Å². The Labute approximate surface area is 135 Å². The zero-order valence-corrected chi connectivity index (χ0v) is 12.6. The summed E-state index contributed by atoms with van der Waals surface area (Å²) < 4.78 is 59.4. The molecule has 6 nitrogen and oxygen atoms in total. The van der Waals surface area contributed by atoms with Crippen LogP contribution in [0.25, 0.3) is 0 Å². The molecule has 1 aromatic heterocycles. The maximum absolute atomic E-state index is 12.7. The van der Waals surface area contributed by atoms with Gasteiger partial charge in [-0.25, -0.2) is 13.8 Å². The molecule has 0 unspecified atom stereocenters. The van der Waals surface area contributed by atoms with Gasteiger partial charge in [0.25, 0.3) is 5.91 Å². The molecule has 1 aliphatic rings. The van der Waals surface area contributed by atoms with Crippen LogP contribution in [-0.2, 0) is 9.53 Å². The molecule has 0 radical (unpaired) electrons. The first-order valence-electron chi connectivity index (χ1n) is 7.23. The molecule has 0 aliphatic carbocycles. The van der Waals surface area contributed by atoms with Gasteiger partial charge in [0, 0.05) is 12.6 Å². The van der Waals surface area contributed by atoms with Crippen LogP contribution in [-0.4, -0.2) is 48.6 Å². The molecule has 0 saturated carbocycles. The monoisotopic (exact) mass is 351 g/mol. The standard InChI is InChI=1S/C14H17F4N3O3/c15-13(16)14(17,18)7-23-11-4-1-8(6-20-11)21-12(22)10-3-2-9(5-19)24-10/h1,4,6,9-10,13H,2-3,5,7,19H2,(H,21,22)/t9-,10+/m1/s1. The van der Waals surface area contributed by atoms with Gasteiger partial charge >= 0.3 is 12.3 Å². The first-order chi connectivity index (χ1) is 11.3. The number of nitrogens with one attached hydrogen (secondary N) is 1. The fraction of sp³-hybridized carbons (Fsp3) is 0.571. The molecule has 134 valence electrons. The number of hydrogen-bond donors (Lipinski definition) is 2. The van der Waals surface area contributed by atoms with Gasteiger partial charge in [0.05, 0.1) is 18.0 Å². The van der Waals surface area contributed by atoms with Crippen molar-refractivity contribution in [2.75, 3.05) is 18.5 Å². The summed E-state index contributed by atoms with van der Waals surface area (Å²) >= 11 is 0. The van der Waals surface area contributed by atoms with Crippen LogP contribution in [0.5, 0.6) is 5.88 Å². The number of nitrogens with two attached hydrogens (primary N) is 1. The SMILES string of the molecule is NC[C@H]1CC[C@@H](C(=O)Nc2ccc(OCC(F)(F)C(F)F)nc2)O1. The number of amides is 1. The van der Waals surface area contributed by atoms with Gasteiger partial charge in [0.2, 0.25) is 5.88 Å². The number of halogens is 4. The highest BCUT2D eigenvalue weighted by Crippen LogP contribution is 2.24. The van der Waals surface area contributed by atoms with Gasteiger partial charge in [0.15, 0.2) is 6.61 Å². The van der Waals surface area contributed by atoms with E-state index < -0.39 is 25.1 Å². The molecule has 1 aliphatic heterocycles. The summed E-state index contributed by atoms with van der Waals surface area (Å²) in [5.41, 5.74) is 5.76. The van der Waals surface area contributed by atoms with Crippen molar-refractivity contribution in [2.24, 2.45) is 5.73 Å². The highest BCUT2D eigenvalue weighted by atomic mass is 19.3. The normalized spacial score (nSPS) is 21.1. The van der Waals surface area contributed by atoms with Crippen molar-refractivity contribution in [1.82, 2.24) is 4.98 Å². The molecule has 0 bridgehead atoms. The third kappa shape index (κ3) is 4.78. The van der Waals surface area contributed by atoms with E-state index in [0.29, 0.717) is 25.1 Å². The Balaban J connectivity index is 1.85. The van der Waals surface area contributed by atoms with Crippen molar-refractivity contribution in [3.63, 3.8) is 0 Å². The second kappa shape index (κ2) is 7.75. The average molecular weight is 351 g/mol. The minimum atomic E-state index is -4.26. The number of alkyl halides is 4. The number of anilines is 1. The quantitative estimate of drug-likeness (QED) is 0.732. The third-order valence-corrected chi connectivity index (χ3v) is 3.40. The van der Waals surface area contributed by atoms with E-state index in [2.05, 4.69) is 15.0 Å². The molecular weight excluding hydrogens is 334 g/mol. The lowest BCUT2D eigenvalue weighted by Crippen LogP contribution is -2.33. The summed E-state index contributed by atoms with van der Waals surface area (Å²) in [6.07, 6.45) is -2.17. The van der Waals surface area contributed by atoms with Crippen LogP contribution < -0.4 is 15.8 Å². The predicted octanol–water partition coefficient (Wildman–Crippen LogP) is 1.81. The second-order valence-electron chi connectivity index (χ2n) is 5.28. The molecule has 2 rings (SSSR count). The zero-order chi connectivity index (χ0) is 17.7. The molecule has 2 atom stereocenters. The van der Waals surface area contributed by atoms with E-state index >= 15 is 0 Å². The van der Waals surface area contributed by atoms with Crippen LogP contribution in [0.4, 0.5) is 23.2 Å². The first kappa shape index (κ1) is 18.4. The summed E-state index contributed by atoms with van der Waals surface area (Å²) in [4.78, 5) is 15.7.